The molecule has 0 aliphatic carbocycles. The van der Waals surface area contributed by atoms with Crippen LogP contribution in [0.4, 0.5) is 13.2 Å². The van der Waals surface area contributed by atoms with E-state index in [-0.39, 0.29) is 17.6 Å². The zero-order valence-electron chi connectivity index (χ0n) is 14.3. The smallest absolute Gasteiger partial charge is 0.397 e. The first-order chi connectivity index (χ1) is 11.4. The molecule has 1 atom stereocenters. The van der Waals surface area contributed by atoms with Crippen LogP contribution in [0, 0.1) is 0 Å². The summed E-state index contributed by atoms with van der Waals surface area (Å²) in [4.78, 5) is 22.9. The summed E-state index contributed by atoms with van der Waals surface area (Å²) in [7, 11) is 0. The fraction of sp³-hybridized carbons (Fsp3) is 0.529. The number of aliphatic carboxylic acids is 1. The number of carboxylic acids is 1. The third kappa shape index (κ3) is 8.29. The van der Waals surface area contributed by atoms with E-state index in [1.54, 1.807) is 12.1 Å². The zero-order chi connectivity index (χ0) is 19.3. The molecular formula is C17H22F3NO3S. The van der Waals surface area contributed by atoms with Gasteiger partial charge < -0.3 is 10.4 Å². The molecule has 0 fully saturated rings. The molecule has 0 saturated heterocycles. The number of rotatable bonds is 7. The molecule has 1 unspecified atom stereocenters. The predicted molar refractivity (Wildman–Crippen MR) is 91.7 cm³/mol. The van der Waals surface area contributed by atoms with Crippen molar-refractivity contribution >= 4 is 23.6 Å². The topological polar surface area (TPSA) is 66.4 Å². The highest BCUT2D eigenvalue weighted by molar-refractivity contribution is 8.00. The number of carboxylic acid groups (broad SMARTS) is 1. The van der Waals surface area contributed by atoms with Gasteiger partial charge in [-0.25, -0.2) is 0 Å². The van der Waals surface area contributed by atoms with Crippen LogP contribution in [0.1, 0.15) is 44.4 Å². The summed E-state index contributed by atoms with van der Waals surface area (Å²) in [5.41, 5.74) is 1.58. The van der Waals surface area contributed by atoms with Crippen molar-refractivity contribution in [2.75, 3.05) is 11.5 Å². The number of amides is 1. The average molecular weight is 377 g/mol. The quantitative estimate of drug-likeness (QED) is 0.756. The van der Waals surface area contributed by atoms with Crippen molar-refractivity contribution in [1.82, 2.24) is 5.32 Å². The normalized spacial score (nSPS) is 13.4. The highest BCUT2D eigenvalue weighted by Crippen LogP contribution is 2.25. The van der Waals surface area contributed by atoms with Crippen LogP contribution in [-0.2, 0) is 15.0 Å². The number of hydrogen-bond acceptors (Lipinski definition) is 3. The van der Waals surface area contributed by atoms with E-state index in [1.807, 2.05) is 32.9 Å². The molecular weight excluding hydrogens is 355 g/mol. The third-order valence-corrected chi connectivity index (χ3v) is 4.39. The van der Waals surface area contributed by atoms with Gasteiger partial charge >= 0.3 is 12.1 Å². The number of thioether (sulfide) groups is 1. The molecule has 0 radical (unpaired) electrons. The van der Waals surface area contributed by atoms with E-state index in [0.29, 0.717) is 17.3 Å². The lowest BCUT2D eigenvalue weighted by atomic mass is 9.86. The van der Waals surface area contributed by atoms with Crippen molar-refractivity contribution in [3.8, 4) is 0 Å². The third-order valence-electron chi connectivity index (χ3n) is 3.39. The first-order valence-electron chi connectivity index (χ1n) is 7.64. The van der Waals surface area contributed by atoms with Gasteiger partial charge in [0.1, 0.15) is 0 Å². The van der Waals surface area contributed by atoms with Crippen LogP contribution in [0.2, 0.25) is 0 Å². The van der Waals surface area contributed by atoms with Gasteiger partial charge in [0.15, 0.2) is 0 Å². The van der Waals surface area contributed by atoms with Gasteiger partial charge in [-0.1, -0.05) is 45.0 Å². The largest absolute Gasteiger partial charge is 0.481 e. The monoisotopic (exact) mass is 377 g/mol. The summed E-state index contributed by atoms with van der Waals surface area (Å²) in [6, 6.07) is 6.39. The van der Waals surface area contributed by atoms with Crippen LogP contribution in [0.15, 0.2) is 24.3 Å². The summed E-state index contributed by atoms with van der Waals surface area (Å²) in [6.45, 7) is 6.11. The summed E-state index contributed by atoms with van der Waals surface area (Å²) in [5.74, 6) is -3.23. The Labute approximate surface area is 149 Å². The minimum atomic E-state index is -4.34. The maximum atomic E-state index is 12.1. The summed E-state index contributed by atoms with van der Waals surface area (Å²) in [6.07, 6.45) is -4.68. The van der Waals surface area contributed by atoms with Gasteiger partial charge in [-0.3, -0.25) is 9.59 Å². The Morgan fingerprint density at radius 2 is 1.72 bits per heavy atom. The van der Waals surface area contributed by atoms with Crippen LogP contribution in [-0.4, -0.2) is 34.7 Å². The van der Waals surface area contributed by atoms with Crippen LogP contribution in [0.25, 0.3) is 0 Å². The molecule has 25 heavy (non-hydrogen) atoms. The van der Waals surface area contributed by atoms with Crippen molar-refractivity contribution in [3.63, 3.8) is 0 Å². The second-order valence-corrected chi connectivity index (χ2v) is 7.68. The molecule has 4 nitrogen and oxygen atoms in total. The van der Waals surface area contributed by atoms with Gasteiger partial charge in [0.05, 0.1) is 24.0 Å². The van der Waals surface area contributed by atoms with Crippen LogP contribution >= 0.6 is 11.8 Å². The maximum Gasteiger partial charge on any atom is 0.397 e. The van der Waals surface area contributed by atoms with Gasteiger partial charge in [0.2, 0.25) is 5.91 Å². The summed E-state index contributed by atoms with van der Waals surface area (Å²) in [5, 5.41) is 11.5. The van der Waals surface area contributed by atoms with Gasteiger partial charge in [-0.2, -0.15) is 13.2 Å². The molecule has 1 rings (SSSR count). The lowest BCUT2D eigenvalue weighted by Gasteiger charge is -2.22. The van der Waals surface area contributed by atoms with E-state index in [1.165, 1.54) is 0 Å². The molecule has 8 heteroatoms. The minimum absolute atomic E-state index is 0.0711. The number of hydrogen-bond donors (Lipinski definition) is 2. The SMILES string of the molecule is CC(C)(C)c1ccc(C(CC(=O)O)NC(=O)CSCC(F)(F)F)cc1. The lowest BCUT2D eigenvalue weighted by Crippen LogP contribution is -2.32. The summed E-state index contributed by atoms with van der Waals surface area (Å²) >= 11 is 0.446. The molecule has 0 heterocycles. The fourth-order valence-electron chi connectivity index (χ4n) is 2.14. The van der Waals surface area contributed by atoms with E-state index < -0.39 is 29.8 Å². The Morgan fingerprint density at radius 3 is 2.16 bits per heavy atom. The fourth-order valence-corrected chi connectivity index (χ4v) is 2.74. The maximum absolute atomic E-state index is 12.1. The molecule has 0 aliphatic heterocycles. The van der Waals surface area contributed by atoms with E-state index in [4.69, 9.17) is 5.11 Å². The number of benzene rings is 1. The first-order valence-corrected chi connectivity index (χ1v) is 8.80. The van der Waals surface area contributed by atoms with E-state index in [9.17, 15) is 22.8 Å². The molecule has 1 aromatic carbocycles. The van der Waals surface area contributed by atoms with E-state index in [0.717, 1.165) is 5.56 Å². The van der Waals surface area contributed by atoms with Gasteiger partial charge in [-0.15, -0.1) is 11.8 Å². The molecule has 2 N–H and O–H groups in total. The van der Waals surface area contributed by atoms with Gasteiger partial charge in [-0.05, 0) is 16.5 Å². The van der Waals surface area contributed by atoms with Gasteiger partial charge in [0, 0.05) is 0 Å². The highest BCUT2D eigenvalue weighted by atomic mass is 32.2. The Bertz CT molecular complexity index is 595. The second kappa shape index (κ2) is 8.60. The lowest BCUT2D eigenvalue weighted by molar-refractivity contribution is -0.137. The predicted octanol–water partition coefficient (Wildman–Crippen LogP) is 3.91. The molecule has 0 saturated carbocycles. The van der Waals surface area contributed by atoms with E-state index in [2.05, 4.69) is 5.32 Å². The van der Waals surface area contributed by atoms with Crippen LogP contribution in [0.5, 0.6) is 0 Å². The number of alkyl halides is 3. The Kier molecular flexibility index (Phi) is 7.34. The van der Waals surface area contributed by atoms with Gasteiger partial charge in [0.25, 0.3) is 0 Å². The van der Waals surface area contributed by atoms with Crippen molar-refractivity contribution in [2.45, 2.75) is 44.8 Å². The van der Waals surface area contributed by atoms with Crippen molar-refractivity contribution in [3.05, 3.63) is 35.4 Å². The molecule has 1 aromatic rings. The van der Waals surface area contributed by atoms with Crippen molar-refractivity contribution < 1.29 is 27.9 Å². The molecule has 0 aromatic heterocycles. The van der Waals surface area contributed by atoms with Crippen molar-refractivity contribution in [2.24, 2.45) is 0 Å². The molecule has 1 amide bonds. The molecule has 0 bridgehead atoms. The number of nitrogens with one attached hydrogen (secondary N) is 1. The van der Waals surface area contributed by atoms with E-state index >= 15 is 0 Å². The molecule has 0 spiro atoms. The average Bonchev–Trinajstić information content (AvgIpc) is 2.44. The molecule has 140 valence electrons. The highest BCUT2D eigenvalue weighted by Gasteiger charge is 2.27. The summed E-state index contributed by atoms with van der Waals surface area (Å²) < 4.78 is 36.3. The number of carbonyl (C=O) groups is 2. The van der Waals surface area contributed by atoms with Crippen molar-refractivity contribution in [1.29, 1.82) is 0 Å². The number of carbonyl (C=O) groups excluding carboxylic acids is 1. The van der Waals surface area contributed by atoms with Crippen LogP contribution < -0.4 is 5.32 Å². The van der Waals surface area contributed by atoms with Crippen LogP contribution in [0.3, 0.4) is 0 Å². The standard InChI is InChI=1S/C17H22F3NO3S/c1-16(2,3)12-6-4-11(5-7-12)13(8-15(23)24)21-14(22)9-25-10-17(18,19)20/h4-7,13H,8-10H2,1-3H3,(H,21,22)(H,23,24). The zero-order valence-corrected chi connectivity index (χ0v) is 15.1. The minimum Gasteiger partial charge on any atom is -0.481 e. The Hall–Kier alpha value is -1.70. The second-order valence-electron chi connectivity index (χ2n) is 6.70. The first kappa shape index (κ1) is 21.3. The number of halogens is 3. The Balaban J connectivity index is 2.77. The molecule has 0 aliphatic rings. The Morgan fingerprint density at radius 1 is 1.16 bits per heavy atom.